The van der Waals surface area contributed by atoms with Crippen LogP contribution in [0.5, 0.6) is 0 Å². The number of thioether (sulfide) groups is 1. The van der Waals surface area contributed by atoms with Crippen molar-refractivity contribution < 1.29 is 24.2 Å². The standard InChI is InChI=1S/C17H22N3O6PS/c1-11-7-8-20(17(23)19-11)16-15(22)14(21)13(28-16)10-26-27(24,25)18-9-12-5-3-2-4-6-12/h2-8,13-16,21-22H,9-10H2,1H3,(H2,18,24,25)/t13-,14-,15+,16-/m1/s1. The maximum absolute atomic E-state index is 12.2. The van der Waals surface area contributed by atoms with Gasteiger partial charge >= 0.3 is 13.4 Å². The molecule has 0 saturated carbocycles. The first-order valence-electron chi connectivity index (χ1n) is 8.60. The van der Waals surface area contributed by atoms with Crippen LogP contribution >= 0.6 is 19.5 Å². The fourth-order valence-electron chi connectivity index (χ4n) is 2.80. The van der Waals surface area contributed by atoms with Crippen molar-refractivity contribution in [2.45, 2.75) is 36.3 Å². The maximum Gasteiger partial charge on any atom is 0.403 e. The zero-order valence-corrected chi connectivity index (χ0v) is 16.8. The second-order valence-electron chi connectivity index (χ2n) is 6.44. The Morgan fingerprint density at radius 3 is 2.64 bits per heavy atom. The van der Waals surface area contributed by atoms with Gasteiger partial charge in [-0.1, -0.05) is 30.3 Å². The fraction of sp³-hybridized carbons (Fsp3) is 0.412. The second kappa shape index (κ2) is 8.87. The Balaban J connectivity index is 1.59. The lowest BCUT2D eigenvalue weighted by molar-refractivity contribution is 0.0109. The number of nitrogens with zero attached hydrogens (tertiary/aromatic N) is 2. The van der Waals surface area contributed by atoms with Gasteiger partial charge in [-0.05, 0) is 18.6 Å². The van der Waals surface area contributed by atoms with E-state index in [9.17, 15) is 24.5 Å². The Bertz CT molecular complexity index is 911. The molecular formula is C17H22N3O6PS. The molecule has 3 rings (SSSR count). The van der Waals surface area contributed by atoms with E-state index in [1.54, 1.807) is 25.1 Å². The number of benzene rings is 1. The molecule has 2 aromatic rings. The molecule has 1 fully saturated rings. The van der Waals surface area contributed by atoms with E-state index in [0.29, 0.717) is 5.69 Å². The lowest BCUT2D eigenvalue weighted by Gasteiger charge is -2.18. The highest BCUT2D eigenvalue weighted by molar-refractivity contribution is 8.00. The van der Waals surface area contributed by atoms with Gasteiger partial charge in [-0.2, -0.15) is 4.98 Å². The van der Waals surface area contributed by atoms with Gasteiger partial charge in [0.15, 0.2) is 0 Å². The monoisotopic (exact) mass is 427 g/mol. The molecule has 1 unspecified atom stereocenters. The Morgan fingerprint density at radius 1 is 1.25 bits per heavy atom. The molecule has 9 nitrogen and oxygen atoms in total. The Kier molecular flexibility index (Phi) is 6.72. The van der Waals surface area contributed by atoms with Crippen LogP contribution in [0.25, 0.3) is 0 Å². The molecule has 0 radical (unpaired) electrons. The van der Waals surface area contributed by atoms with Crippen molar-refractivity contribution in [2.75, 3.05) is 6.61 Å². The molecule has 5 atom stereocenters. The summed E-state index contributed by atoms with van der Waals surface area (Å²) in [6, 6.07) is 10.7. The minimum Gasteiger partial charge on any atom is -0.389 e. The van der Waals surface area contributed by atoms with Crippen molar-refractivity contribution >= 4 is 19.5 Å². The van der Waals surface area contributed by atoms with E-state index in [0.717, 1.165) is 17.3 Å². The fourth-order valence-corrected chi connectivity index (χ4v) is 5.17. The van der Waals surface area contributed by atoms with Gasteiger partial charge in [-0.25, -0.2) is 14.4 Å². The lowest BCUT2D eigenvalue weighted by Crippen LogP contribution is -2.36. The number of rotatable bonds is 7. The molecule has 1 saturated heterocycles. The van der Waals surface area contributed by atoms with E-state index in [4.69, 9.17) is 4.52 Å². The van der Waals surface area contributed by atoms with Crippen LogP contribution in [0, 0.1) is 6.92 Å². The van der Waals surface area contributed by atoms with E-state index in [2.05, 4.69) is 10.1 Å². The first kappa shape index (κ1) is 21.2. The number of aromatic nitrogens is 2. The highest BCUT2D eigenvalue weighted by Gasteiger charge is 2.44. The highest BCUT2D eigenvalue weighted by atomic mass is 32.2. The summed E-state index contributed by atoms with van der Waals surface area (Å²) in [4.78, 5) is 25.8. The second-order valence-corrected chi connectivity index (χ2v) is 9.42. The van der Waals surface area contributed by atoms with Crippen LogP contribution < -0.4 is 10.8 Å². The van der Waals surface area contributed by atoms with Gasteiger partial charge in [0.05, 0.1) is 18.0 Å². The molecule has 11 heteroatoms. The molecule has 1 aliphatic heterocycles. The van der Waals surface area contributed by atoms with Crippen LogP contribution in [0.2, 0.25) is 0 Å². The van der Waals surface area contributed by atoms with Crippen molar-refractivity contribution in [3.63, 3.8) is 0 Å². The largest absolute Gasteiger partial charge is 0.403 e. The number of aliphatic hydroxyl groups is 2. The van der Waals surface area contributed by atoms with Crippen molar-refractivity contribution in [2.24, 2.45) is 0 Å². The van der Waals surface area contributed by atoms with Crippen LogP contribution in [-0.4, -0.2) is 48.7 Å². The molecule has 1 aromatic heterocycles. The van der Waals surface area contributed by atoms with E-state index in [1.807, 2.05) is 18.2 Å². The molecular weight excluding hydrogens is 405 g/mol. The molecule has 4 N–H and O–H groups in total. The van der Waals surface area contributed by atoms with Crippen molar-refractivity contribution in [3.8, 4) is 0 Å². The number of hydrogen-bond acceptors (Lipinski definition) is 7. The zero-order valence-electron chi connectivity index (χ0n) is 15.1. The summed E-state index contributed by atoms with van der Waals surface area (Å²) >= 11 is 1.09. The maximum atomic E-state index is 12.2. The number of aliphatic hydroxyl groups excluding tert-OH is 2. The third kappa shape index (κ3) is 5.09. The summed E-state index contributed by atoms with van der Waals surface area (Å²) in [6.45, 7) is 1.55. The van der Waals surface area contributed by atoms with E-state index >= 15 is 0 Å². The molecule has 1 aromatic carbocycles. The Labute approximate surface area is 166 Å². The van der Waals surface area contributed by atoms with Crippen LogP contribution in [0.3, 0.4) is 0 Å². The average Bonchev–Trinajstić information content (AvgIpc) is 2.94. The predicted molar refractivity (Wildman–Crippen MR) is 105 cm³/mol. The SMILES string of the molecule is Cc1ccn([C@@H]2S[C@H](COP(=O)(O)NCc3ccccc3)[C@@H](O)[C@@H]2O)c(=O)n1. The topological polar surface area (TPSA) is 134 Å². The van der Waals surface area contributed by atoms with Crippen molar-refractivity contribution in [3.05, 3.63) is 64.3 Å². The molecule has 0 bridgehead atoms. The lowest BCUT2D eigenvalue weighted by atomic mass is 10.1. The minimum absolute atomic E-state index is 0.144. The summed E-state index contributed by atoms with van der Waals surface area (Å²) in [7, 11) is -4.10. The first-order valence-corrected chi connectivity index (χ1v) is 11.1. The predicted octanol–water partition coefficient (Wildman–Crippen LogP) is 0.794. The molecule has 0 amide bonds. The molecule has 1 aliphatic rings. The van der Waals surface area contributed by atoms with E-state index < -0.39 is 36.3 Å². The summed E-state index contributed by atoms with van der Waals surface area (Å²) in [5.41, 5.74) is 0.824. The molecule has 0 aliphatic carbocycles. The summed E-state index contributed by atoms with van der Waals surface area (Å²) in [5, 5.41) is 21.6. The van der Waals surface area contributed by atoms with Gasteiger partial charge < -0.3 is 15.1 Å². The quantitative estimate of drug-likeness (QED) is 0.473. The van der Waals surface area contributed by atoms with Crippen LogP contribution in [0.1, 0.15) is 16.6 Å². The number of aryl methyl sites for hydroxylation is 1. The zero-order chi connectivity index (χ0) is 20.3. The van der Waals surface area contributed by atoms with Gasteiger partial charge in [0.2, 0.25) is 0 Å². The third-order valence-electron chi connectivity index (χ3n) is 4.32. The molecule has 0 spiro atoms. The molecule has 28 heavy (non-hydrogen) atoms. The third-order valence-corrected chi connectivity index (χ3v) is 6.93. The normalized spacial score (nSPS) is 26.9. The van der Waals surface area contributed by atoms with Gasteiger partial charge in [-0.3, -0.25) is 9.09 Å². The number of hydrogen-bond donors (Lipinski definition) is 4. The summed E-state index contributed by atoms with van der Waals surface area (Å²) < 4.78 is 18.5. The van der Waals surface area contributed by atoms with Gasteiger partial charge in [0.1, 0.15) is 11.5 Å². The smallest absolute Gasteiger partial charge is 0.389 e. The van der Waals surface area contributed by atoms with Crippen molar-refractivity contribution in [1.29, 1.82) is 0 Å². The van der Waals surface area contributed by atoms with Crippen LogP contribution in [0.15, 0.2) is 47.4 Å². The summed E-state index contributed by atoms with van der Waals surface area (Å²) in [6.07, 6.45) is -0.964. The molecule has 2 heterocycles. The van der Waals surface area contributed by atoms with Gasteiger partial charge in [0.25, 0.3) is 0 Å². The highest BCUT2D eigenvalue weighted by Crippen LogP contribution is 2.44. The van der Waals surface area contributed by atoms with Gasteiger partial charge in [-0.15, -0.1) is 11.8 Å². The van der Waals surface area contributed by atoms with E-state index in [-0.39, 0.29) is 13.2 Å². The van der Waals surface area contributed by atoms with Crippen LogP contribution in [-0.2, 0) is 15.6 Å². The number of nitrogens with one attached hydrogen (secondary N) is 1. The average molecular weight is 427 g/mol. The van der Waals surface area contributed by atoms with Crippen molar-refractivity contribution in [1.82, 2.24) is 14.6 Å². The minimum atomic E-state index is -4.10. The Morgan fingerprint density at radius 2 is 1.96 bits per heavy atom. The first-order chi connectivity index (χ1) is 13.3. The Hall–Kier alpha value is -1.52. The molecule has 152 valence electrons. The van der Waals surface area contributed by atoms with Crippen LogP contribution in [0.4, 0.5) is 0 Å². The van der Waals surface area contributed by atoms with E-state index in [1.165, 1.54) is 10.8 Å². The van der Waals surface area contributed by atoms with Gasteiger partial charge in [0, 0.05) is 18.4 Å². The summed E-state index contributed by atoms with van der Waals surface area (Å²) in [5.74, 6) is 0.